The molecular formula is C30H39N5O. The van der Waals surface area contributed by atoms with E-state index in [4.69, 9.17) is 5.10 Å². The number of carbonyl (C=O) groups excluding carboxylic acids is 1. The molecule has 2 aromatic heterocycles. The van der Waals surface area contributed by atoms with Crippen molar-refractivity contribution in [3.63, 3.8) is 0 Å². The zero-order valence-electron chi connectivity index (χ0n) is 22.8. The fourth-order valence-corrected chi connectivity index (χ4v) is 5.88. The number of aryl methyl sites for hydroxylation is 2. The van der Waals surface area contributed by atoms with Gasteiger partial charge in [-0.2, -0.15) is 5.10 Å². The Morgan fingerprint density at radius 1 is 1.11 bits per heavy atom. The Morgan fingerprint density at radius 3 is 2.61 bits per heavy atom. The number of hydrogen-bond donors (Lipinski definition) is 0. The van der Waals surface area contributed by atoms with Crippen LogP contribution < -0.4 is 0 Å². The second-order valence-electron chi connectivity index (χ2n) is 10.8. The number of pyridine rings is 1. The van der Waals surface area contributed by atoms with E-state index in [0.29, 0.717) is 6.04 Å². The van der Waals surface area contributed by atoms with Crippen LogP contribution in [0.2, 0.25) is 0 Å². The molecule has 1 saturated heterocycles. The first-order chi connectivity index (χ1) is 17.2. The van der Waals surface area contributed by atoms with E-state index in [0.717, 1.165) is 66.2 Å². The highest BCUT2D eigenvalue weighted by atomic mass is 16.2. The van der Waals surface area contributed by atoms with Gasteiger partial charge in [-0.05, 0) is 93.5 Å². The van der Waals surface area contributed by atoms with Crippen LogP contribution in [0.15, 0.2) is 53.7 Å². The average molecular weight is 486 g/mol. The summed E-state index contributed by atoms with van der Waals surface area (Å²) >= 11 is 0. The number of piperazine rings is 1. The highest BCUT2D eigenvalue weighted by Crippen LogP contribution is 2.34. The number of fused-ring (bicyclic) bond motifs is 2. The van der Waals surface area contributed by atoms with Gasteiger partial charge in [0, 0.05) is 49.8 Å². The lowest BCUT2D eigenvalue weighted by molar-refractivity contribution is -0.122. The number of carbonyl (C=O) groups is 1. The largest absolute Gasteiger partial charge is 0.367 e. The summed E-state index contributed by atoms with van der Waals surface area (Å²) in [7, 11) is 2.18. The van der Waals surface area contributed by atoms with E-state index in [2.05, 4.69) is 82.8 Å². The molecule has 1 amide bonds. The lowest BCUT2D eigenvalue weighted by Crippen LogP contribution is -2.49. The third-order valence-electron chi connectivity index (χ3n) is 8.34. The van der Waals surface area contributed by atoms with Crippen LogP contribution in [0.4, 0.5) is 0 Å². The van der Waals surface area contributed by atoms with Gasteiger partial charge in [-0.1, -0.05) is 19.9 Å². The molecule has 5 rings (SSSR count). The molecule has 0 radical (unpaired) electrons. The highest BCUT2D eigenvalue weighted by molar-refractivity contribution is 5.98. The molecule has 36 heavy (non-hydrogen) atoms. The van der Waals surface area contributed by atoms with Crippen molar-refractivity contribution in [1.82, 2.24) is 24.3 Å². The average Bonchev–Trinajstić information content (AvgIpc) is 3.26. The number of rotatable bonds is 3. The first-order valence-corrected chi connectivity index (χ1v) is 13.3. The molecule has 0 aromatic carbocycles. The quantitative estimate of drug-likeness (QED) is 0.608. The van der Waals surface area contributed by atoms with E-state index in [9.17, 15) is 4.79 Å². The van der Waals surface area contributed by atoms with Crippen molar-refractivity contribution in [2.45, 2.75) is 60.4 Å². The van der Waals surface area contributed by atoms with Gasteiger partial charge in [0.15, 0.2) is 0 Å². The van der Waals surface area contributed by atoms with E-state index in [-0.39, 0.29) is 11.8 Å². The Hall–Kier alpha value is -3.12. The number of amides is 1. The van der Waals surface area contributed by atoms with E-state index >= 15 is 0 Å². The minimum atomic E-state index is -0.00543. The second kappa shape index (κ2) is 9.40. The first-order valence-electron chi connectivity index (χ1n) is 13.3. The summed E-state index contributed by atoms with van der Waals surface area (Å²) in [6, 6.07) is 2.64. The van der Waals surface area contributed by atoms with Crippen molar-refractivity contribution in [3.05, 3.63) is 76.0 Å². The molecule has 5 heterocycles. The summed E-state index contributed by atoms with van der Waals surface area (Å²) in [4.78, 5) is 20.4. The van der Waals surface area contributed by atoms with Crippen molar-refractivity contribution < 1.29 is 4.79 Å². The summed E-state index contributed by atoms with van der Waals surface area (Å²) in [5.41, 5.74) is 10.2. The van der Waals surface area contributed by atoms with Crippen LogP contribution in [-0.2, 0) is 11.2 Å². The number of nitrogens with zero attached hydrogens (tertiary/aromatic N) is 5. The van der Waals surface area contributed by atoms with Crippen LogP contribution in [0.25, 0.3) is 11.1 Å². The minimum absolute atomic E-state index is 0.00543. The molecule has 0 spiro atoms. The van der Waals surface area contributed by atoms with Gasteiger partial charge in [-0.15, -0.1) is 0 Å². The van der Waals surface area contributed by atoms with Gasteiger partial charge in [0.2, 0.25) is 0 Å². The molecule has 3 aliphatic rings. The molecule has 1 fully saturated rings. The van der Waals surface area contributed by atoms with Crippen LogP contribution in [0, 0.1) is 19.8 Å². The fourth-order valence-electron chi connectivity index (χ4n) is 5.88. The molecule has 2 aromatic rings. The van der Waals surface area contributed by atoms with Crippen molar-refractivity contribution >= 4 is 17.0 Å². The van der Waals surface area contributed by atoms with Gasteiger partial charge in [0.1, 0.15) is 0 Å². The number of allylic oxidation sites excluding steroid dienone is 4. The summed E-state index contributed by atoms with van der Waals surface area (Å²) in [5, 5.41) is 4.93. The molecule has 3 aliphatic heterocycles. The fraction of sp³-hybridized carbons (Fsp3) is 0.467. The van der Waals surface area contributed by atoms with Crippen LogP contribution in [0.3, 0.4) is 0 Å². The molecule has 0 bridgehead atoms. The van der Waals surface area contributed by atoms with Crippen LogP contribution >= 0.6 is 0 Å². The predicted octanol–water partition coefficient (Wildman–Crippen LogP) is 5.09. The SMILES string of the molecule is CCc1c(C)cn2nc(C3=CC(=O)N4C=C(N5CCN(C)C(C)C5)C=C(C)C4=CCC3C)cc2c1C. The Kier molecular flexibility index (Phi) is 6.41. The van der Waals surface area contributed by atoms with Gasteiger partial charge < -0.3 is 9.80 Å². The van der Waals surface area contributed by atoms with Crippen molar-refractivity contribution in [1.29, 1.82) is 0 Å². The van der Waals surface area contributed by atoms with Gasteiger partial charge >= 0.3 is 0 Å². The van der Waals surface area contributed by atoms with Gasteiger partial charge in [0.05, 0.1) is 16.9 Å². The lowest BCUT2D eigenvalue weighted by Gasteiger charge is -2.41. The van der Waals surface area contributed by atoms with Crippen LogP contribution in [0.1, 0.15) is 56.5 Å². The summed E-state index contributed by atoms with van der Waals surface area (Å²) in [5.74, 6) is 0.186. The van der Waals surface area contributed by atoms with E-state index in [1.165, 1.54) is 16.7 Å². The van der Waals surface area contributed by atoms with Crippen LogP contribution in [0.5, 0.6) is 0 Å². The Balaban J connectivity index is 1.52. The van der Waals surface area contributed by atoms with Crippen molar-refractivity contribution in [2.75, 3.05) is 26.7 Å². The van der Waals surface area contributed by atoms with E-state index in [1.807, 2.05) is 21.7 Å². The molecule has 190 valence electrons. The lowest BCUT2D eigenvalue weighted by atomic mass is 9.91. The molecule has 0 saturated carbocycles. The van der Waals surface area contributed by atoms with E-state index in [1.54, 1.807) is 0 Å². The van der Waals surface area contributed by atoms with Gasteiger partial charge in [-0.25, -0.2) is 4.52 Å². The molecule has 2 atom stereocenters. The monoisotopic (exact) mass is 485 g/mol. The normalized spacial score (nSPS) is 23.6. The van der Waals surface area contributed by atoms with Crippen molar-refractivity contribution in [3.8, 4) is 0 Å². The summed E-state index contributed by atoms with van der Waals surface area (Å²) < 4.78 is 1.98. The molecule has 0 aliphatic carbocycles. The number of likely N-dealkylation sites (N-methyl/N-ethyl adjacent to an activating group) is 1. The first kappa shape index (κ1) is 24.6. The Morgan fingerprint density at radius 2 is 1.89 bits per heavy atom. The maximum absolute atomic E-state index is 13.7. The number of hydrogen-bond acceptors (Lipinski definition) is 4. The maximum Gasteiger partial charge on any atom is 0.255 e. The summed E-state index contributed by atoms with van der Waals surface area (Å²) in [6.45, 7) is 16.1. The van der Waals surface area contributed by atoms with Crippen molar-refractivity contribution in [2.24, 2.45) is 5.92 Å². The third kappa shape index (κ3) is 4.21. The molecule has 6 nitrogen and oxygen atoms in total. The zero-order chi connectivity index (χ0) is 25.7. The highest BCUT2D eigenvalue weighted by Gasteiger charge is 2.29. The van der Waals surface area contributed by atoms with Gasteiger partial charge in [0.25, 0.3) is 5.91 Å². The Bertz CT molecular complexity index is 1340. The smallest absolute Gasteiger partial charge is 0.255 e. The molecular weight excluding hydrogens is 446 g/mol. The minimum Gasteiger partial charge on any atom is -0.367 e. The van der Waals surface area contributed by atoms with E-state index < -0.39 is 0 Å². The Labute approximate surface area is 215 Å². The third-order valence-corrected chi connectivity index (χ3v) is 8.34. The molecule has 0 N–H and O–H groups in total. The summed E-state index contributed by atoms with van der Waals surface area (Å²) in [6.07, 6.45) is 12.3. The maximum atomic E-state index is 13.7. The zero-order valence-corrected chi connectivity index (χ0v) is 22.8. The van der Waals surface area contributed by atoms with Crippen LogP contribution in [-0.4, -0.2) is 62.9 Å². The number of aromatic nitrogens is 2. The topological polar surface area (TPSA) is 44.1 Å². The standard InChI is InChI=1S/C30H39N5O/c1-8-25-21(4)16-35-29(23(25)6)15-27(31-35)26-14-30(36)34-18-24(33-12-11-32(7)22(5)17-33)13-20(3)28(34)10-9-19(26)2/h10,13-16,18-19,22H,8-9,11-12,17H2,1-7H3. The van der Waals surface area contributed by atoms with Gasteiger partial charge in [-0.3, -0.25) is 9.69 Å². The molecule has 6 heteroatoms. The second-order valence-corrected chi connectivity index (χ2v) is 10.8. The predicted molar refractivity (Wildman–Crippen MR) is 146 cm³/mol. The molecule has 2 unspecified atom stereocenters.